The van der Waals surface area contributed by atoms with Gasteiger partial charge in [-0.15, -0.1) is 0 Å². The molecule has 1 fully saturated rings. The summed E-state index contributed by atoms with van der Waals surface area (Å²) in [6.07, 6.45) is 0. The largest absolute Gasteiger partial charge is 0.497 e. The van der Waals surface area contributed by atoms with Crippen LogP contribution in [0, 0.1) is 5.92 Å². The zero-order chi connectivity index (χ0) is 13.2. The normalized spacial score (nSPS) is 23.6. The Kier molecular flexibility index (Phi) is 3.81. The summed E-state index contributed by atoms with van der Waals surface area (Å²) in [5, 5.41) is 3.63. The van der Waals surface area contributed by atoms with Gasteiger partial charge in [0.2, 0.25) is 0 Å². The van der Waals surface area contributed by atoms with E-state index in [2.05, 4.69) is 43.1 Å². The minimum atomic E-state index is 0.157. The zero-order valence-corrected chi connectivity index (χ0v) is 11.9. The number of ether oxygens (including phenoxy) is 1. The average Bonchev–Trinajstić information content (AvgIpc) is 2.48. The molecule has 1 N–H and O–H groups in total. The van der Waals surface area contributed by atoms with Crippen LogP contribution in [0.4, 0.5) is 5.69 Å². The second-order valence-electron chi connectivity index (χ2n) is 5.95. The Labute approximate surface area is 110 Å². The molecule has 100 valence electrons. The summed E-state index contributed by atoms with van der Waals surface area (Å²) in [6, 6.07) is 8.36. The Morgan fingerprint density at radius 1 is 1.28 bits per heavy atom. The molecule has 0 aliphatic carbocycles. The maximum Gasteiger partial charge on any atom is 0.119 e. The molecule has 0 radical (unpaired) electrons. The second kappa shape index (κ2) is 5.19. The van der Waals surface area contributed by atoms with Crippen molar-refractivity contribution in [2.45, 2.75) is 26.3 Å². The van der Waals surface area contributed by atoms with Crippen LogP contribution in [0.1, 0.15) is 20.8 Å². The molecule has 1 aliphatic rings. The number of nitrogens with zero attached hydrogens (tertiary/aromatic N) is 1. The van der Waals surface area contributed by atoms with Crippen LogP contribution in [-0.4, -0.2) is 32.3 Å². The molecule has 3 nitrogen and oxygen atoms in total. The van der Waals surface area contributed by atoms with Crippen molar-refractivity contribution >= 4 is 5.69 Å². The van der Waals surface area contributed by atoms with Crippen molar-refractivity contribution in [2.75, 3.05) is 31.6 Å². The van der Waals surface area contributed by atoms with Gasteiger partial charge < -0.3 is 15.0 Å². The van der Waals surface area contributed by atoms with Crippen LogP contribution in [0.3, 0.4) is 0 Å². The Morgan fingerprint density at radius 2 is 1.94 bits per heavy atom. The van der Waals surface area contributed by atoms with Crippen molar-refractivity contribution in [3.05, 3.63) is 24.3 Å². The van der Waals surface area contributed by atoms with Crippen molar-refractivity contribution in [1.82, 2.24) is 5.32 Å². The van der Waals surface area contributed by atoms with E-state index in [0.717, 1.165) is 25.4 Å². The lowest BCUT2D eigenvalue weighted by atomic mass is 10.1. The van der Waals surface area contributed by atoms with Crippen LogP contribution >= 0.6 is 0 Å². The fraction of sp³-hybridized carbons (Fsp3) is 0.600. The molecule has 0 aromatic heterocycles. The van der Waals surface area contributed by atoms with Crippen molar-refractivity contribution in [1.29, 1.82) is 0 Å². The number of anilines is 1. The maximum absolute atomic E-state index is 5.21. The molecule has 1 saturated heterocycles. The lowest BCUT2D eigenvalue weighted by molar-refractivity contribution is 0.401. The van der Waals surface area contributed by atoms with Gasteiger partial charge in [-0.2, -0.15) is 0 Å². The van der Waals surface area contributed by atoms with Crippen molar-refractivity contribution in [3.63, 3.8) is 0 Å². The lowest BCUT2D eigenvalue weighted by Gasteiger charge is -2.31. The molecule has 0 amide bonds. The highest BCUT2D eigenvalue weighted by atomic mass is 16.5. The molecular weight excluding hydrogens is 224 g/mol. The van der Waals surface area contributed by atoms with E-state index in [1.54, 1.807) is 7.11 Å². The molecule has 1 aliphatic heterocycles. The lowest BCUT2D eigenvalue weighted by Crippen LogP contribution is -2.46. The molecule has 1 unspecified atom stereocenters. The first-order valence-corrected chi connectivity index (χ1v) is 6.64. The molecule has 3 heteroatoms. The Hall–Kier alpha value is -1.22. The molecule has 0 bridgehead atoms. The van der Waals surface area contributed by atoms with E-state index in [0.29, 0.717) is 5.92 Å². The van der Waals surface area contributed by atoms with Gasteiger partial charge in [0, 0.05) is 24.3 Å². The van der Waals surface area contributed by atoms with Crippen LogP contribution in [0.25, 0.3) is 0 Å². The third kappa shape index (κ3) is 3.16. The van der Waals surface area contributed by atoms with Crippen LogP contribution in [0.2, 0.25) is 0 Å². The maximum atomic E-state index is 5.21. The van der Waals surface area contributed by atoms with Crippen LogP contribution in [0.15, 0.2) is 24.3 Å². The Morgan fingerprint density at radius 3 is 2.56 bits per heavy atom. The minimum Gasteiger partial charge on any atom is -0.497 e. The predicted molar refractivity (Wildman–Crippen MR) is 76.5 cm³/mol. The van der Waals surface area contributed by atoms with Gasteiger partial charge >= 0.3 is 0 Å². The molecule has 1 aromatic carbocycles. The minimum absolute atomic E-state index is 0.157. The first kappa shape index (κ1) is 13.2. The van der Waals surface area contributed by atoms with E-state index in [9.17, 15) is 0 Å². The fourth-order valence-electron chi connectivity index (χ4n) is 2.48. The third-order valence-corrected chi connectivity index (χ3v) is 3.48. The first-order valence-electron chi connectivity index (χ1n) is 6.64. The van der Waals surface area contributed by atoms with Crippen molar-refractivity contribution < 1.29 is 4.74 Å². The molecule has 18 heavy (non-hydrogen) atoms. The quantitative estimate of drug-likeness (QED) is 0.870. The molecule has 1 aromatic rings. The van der Waals surface area contributed by atoms with Gasteiger partial charge in [0.05, 0.1) is 7.11 Å². The molecule has 0 spiro atoms. The summed E-state index contributed by atoms with van der Waals surface area (Å²) in [6.45, 7) is 10.0. The van der Waals surface area contributed by atoms with Gasteiger partial charge in [0.1, 0.15) is 5.75 Å². The van der Waals surface area contributed by atoms with Crippen LogP contribution in [0.5, 0.6) is 5.75 Å². The number of benzene rings is 1. The van der Waals surface area contributed by atoms with E-state index >= 15 is 0 Å². The van der Waals surface area contributed by atoms with Gasteiger partial charge in [-0.1, -0.05) is 6.92 Å². The molecular formula is C15H24N2O. The monoisotopic (exact) mass is 248 g/mol. The number of hydrogen-bond donors (Lipinski definition) is 1. The summed E-state index contributed by atoms with van der Waals surface area (Å²) >= 11 is 0. The van der Waals surface area contributed by atoms with Gasteiger partial charge in [-0.25, -0.2) is 0 Å². The van der Waals surface area contributed by atoms with E-state index < -0.39 is 0 Å². The van der Waals surface area contributed by atoms with E-state index in [-0.39, 0.29) is 5.54 Å². The Bertz CT molecular complexity index is 386. The summed E-state index contributed by atoms with van der Waals surface area (Å²) < 4.78 is 5.21. The van der Waals surface area contributed by atoms with Gasteiger partial charge in [-0.05, 0) is 50.6 Å². The molecule has 2 rings (SSSR count). The molecule has 1 atom stereocenters. The Balaban J connectivity index is 2.18. The van der Waals surface area contributed by atoms with Gasteiger partial charge in [0.25, 0.3) is 0 Å². The SMILES string of the molecule is COc1ccc(N2CC(C)CNC(C)(C)C2)cc1. The smallest absolute Gasteiger partial charge is 0.119 e. The van der Waals surface area contributed by atoms with E-state index in [1.807, 2.05) is 12.1 Å². The van der Waals surface area contributed by atoms with E-state index in [1.165, 1.54) is 5.69 Å². The summed E-state index contributed by atoms with van der Waals surface area (Å²) in [4.78, 5) is 2.46. The van der Waals surface area contributed by atoms with Crippen molar-refractivity contribution in [3.8, 4) is 5.75 Å². The van der Waals surface area contributed by atoms with Gasteiger partial charge in [0.15, 0.2) is 0 Å². The summed E-state index contributed by atoms with van der Waals surface area (Å²) in [5.74, 6) is 1.58. The fourth-order valence-corrected chi connectivity index (χ4v) is 2.48. The summed E-state index contributed by atoms with van der Waals surface area (Å²) in [7, 11) is 1.70. The third-order valence-electron chi connectivity index (χ3n) is 3.48. The van der Waals surface area contributed by atoms with Crippen molar-refractivity contribution in [2.24, 2.45) is 5.92 Å². The predicted octanol–water partition coefficient (Wildman–Crippen LogP) is 2.52. The highest BCUT2D eigenvalue weighted by molar-refractivity contribution is 5.49. The first-order chi connectivity index (χ1) is 8.50. The zero-order valence-electron chi connectivity index (χ0n) is 11.9. The topological polar surface area (TPSA) is 24.5 Å². The molecule has 0 saturated carbocycles. The number of hydrogen-bond acceptors (Lipinski definition) is 3. The number of methoxy groups -OCH3 is 1. The number of rotatable bonds is 2. The van der Waals surface area contributed by atoms with Crippen LogP contribution in [-0.2, 0) is 0 Å². The van der Waals surface area contributed by atoms with Crippen LogP contribution < -0.4 is 15.0 Å². The second-order valence-corrected chi connectivity index (χ2v) is 5.95. The highest BCUT2D eigenvalue weighted by Gasteiger charge is 2.26. The molecule has 1 heterocycles. The average molecular weight is 248 g/mol. The standard InChI is InChI=1S/C15H24N2O/c1-12-9-16-15(2,3)11-17(10-12)13-5-7-14(18-4)8-6-13/h5-8,12,16H,9-11H2,1-4H3. The summed E-state index contributed by atoms with van der Waals surface area (Å²) in [5.41, 5.74) is 1.43. The number of nitrogens with one attached hydrogen (secondary N) is 1. The van der Waals surface area contributed by atoms with E-state index in [4.69, 9.17) is 4.74 Å². The van der Waals surface area contributed by atoms with Gasteiger partial charge in [-0.3, -0.25) is 0 Å². The highest BCUT2D eigenvalue weighted by Crippen LogP contribution is 2.23.